The van der Waals surface area contributed by atoms with Crippen molar-refractivity contribution in [3.63, 3.8) is 0 Å². The van der Waals surface area contributed by atoms with Crippen LogP contribution < -0.4 is 10.2 Å². The van der Waals surface area contributed by atoms with Crippen LogP contribution in [0.25, 0.3) is 0 Å². The smallest absolute Gasteiger partial charge is 0.317 e. The number of carbonyl (C=O) groups is 3. The summed E-state index contributed by atoms with van der Waals surface area (Å²) in [5.74, 6) is -1.77. The highest BCUT2D eigenvalue weighted by Crippen LogP contribution is 2.30. The standard InChI is InChI=1S/C17H19ClFN3O4/c1-17(15(24)25)4-5-21(9-17)16(26)20-10-6-14(23)22(8-10)11-2-3-12(18)13(19)7-11/h2-3,7,10H,4-6,8-9H2,1H3,(H,20,26)(H,24,25). The summed E-state index contributed by atoms with van der Waals surface area (Å²) in [6.45, 7) is 2.30. The van der Waals surface area contributed by atoms with E-state index < -0.39 is 29.3 Å². The van der Waals surface area contributed by atoms with E-state index in [2.05, 4.69) is 5.32 Å². The summed E-state index contributed by atoms with van der Waals surface area (Å²) in [4.78, 5) is 38.7. The fourth-order valence-electron chi connectivity index (χ4n) is 3.28. The molecule has 2 saturated heterocycles. The number of urea groups is 1. The van der Waals surface area contributed by atoms with Crippen LogP contribution in [0, 0.1) is 11.2 Å². The van der Waals surface area contributed by atoms with E-state index >= 15 is 0 Å². The van der Waals surface area contributed by atoms with Crippen molar-refractivity contribution in [3.8, 4) is 0 Å². The molecule has 9 heteroatoms. The average Bonchev–Trinajstić information content (AvgIpc) is 3.14. The van der Waals surface area contributed by atoms with Crippen LogP contribution in [0.15, 0.2) is 18.2 Å². The van der Waals surface area contributed by atoms with Gasteiger partial charge >= 0.3 is 12.0 Å². The lowest BCUT2D eigenvalue weighted by molar-refractivity contribution is -0.147. The van der Waals surface area contributed by atoms with Crippen LogP contribution in [0.3, 0.4) is 0 Å². The second kappa shape index (κ2) is 6.75. The molecule has 2 atom stereocenters. The highest BCUT2D eigenvalue weighted by molar-refractivity contribution is 6.30. The molecule has 2 aliphatic rings. The number of benzene rings is 1. The lowest BCUT2D eigenvalue weighted by Gasteiger charge is -2.23. The molecule has 0 aromatic heterocycles. The van der Waals surface area contributed by atoms with Gasteiger partial charge in [0.1, 0.15) is 5.82 Å². The molecule has 2 fully saturated rings. The number of carbonyl (C=O) groups excluding carboxylic acids is 2. The minimum absolute atomic E-state index is 0.0271. The third-order valence-corrected chi connectivity index (χ3v) is 5.25. The Balaban J connectivity index is 1.62. The van der Waals surface area contributed by atoms with Gasteiger partial charge in [0.05, 0.1) is 16.5 Å². The van der Waals surface area contributed by atoms with Gasteiger partial charge in [-0.1, -0.05) is 11.6 Å². The molecule has 1 aromatic rings. The molecule has 3 amide bonds. The zero-order chi connectivity index (χ0) is 19.1. The third kappa shape index (κ3) is 3.46. The lowest BCUT2D eigenvalue weighted by Crippen LogP contribution is -2.46. The molecule has 0 radical (unpaired) electrons. The molecule has 2 unspecified atom stereocenters. The molecular weight excluding hydrogens is 365 g/mol. The van der Waals surface area contributed by atoms with Gasteiger partial charge in [-0.3, -0.25) is 9.59 Å². The molecule has 0 aliphatic carbocycles. The van der Waals surface area contributed by atoms with Gasteiger partial charge in [-0.05, 0) is 31.5 Å². The van der Waals surface area contributed by atoms with E-state index in [1.54, 1.807) is 13.0 Å². The third-order valence-electron chi connectivity index (χ3n) is 4.94. The van der Waals surface area contributed by atoms with Crippen LogP contribution in [0.1, 0.15) is 19.8 Å². The van der Waals surface area contributed by atoms with Gasteiger partial charge in [0.2, 0.25) is 5.91 Å². The Bertz CT molecular complexity index is 774. The van der Waals surface area contributed by atoms with E-state index in [1.165, 1.54) is 21.9 Å². The summed E-state index contributed by atoms with van der Waals surface area (Å²) in [5, 5.41) is 12.0. The molecule has 0 spiro atoms. The van der Waals surface area contributed by atoms with Crippen molar-refractivity contribution in [2.45, 2.75) is 25.8 Å². The van der Waals surface area contributed by atoms with Gasteiger partial charge in [0.15, 0.2) is 0 Å². The first kappa shape index (κ1) is 18.4. The summed E-state index contributed by atoms with van der Waals surface area (Å²) < 4.78 is 13.6. The number of hydrogen-bond donors (Lipinski definition) is 2. The Hall–Kier alpha value is -2.35. The maximum absolute atomic E-state index is 13.6. The molecule has 2 aliphatic heterocycles. The van der Waals surface area contributed by atoms with Crippen molar-refractivity contribution in [2.24, 2.45) is 5.41 Å². The number of rotatable bonds is 3. The van der Waals surface area contributed by atoms with Crippen molar-refractivity contribution in [1.82, 2.24) is 10.2 Å². The molecule has 26 heavy (non-hydrogen) atoms. The van der Waals surface area contributed by atoms with Gasteiger partial charge in [-0.25, -0.2) is 9.18 Å². The van der Waals surface area contributed by atoms with Crippen LogP contribution >= 0.6 is 11.6 Å². The van der Waals surface area contributed by atoms with E-state index in [0.29, 0.717) is 18.7 Å². The first-order valence-corrected chi connectivity index (χ1v) is 8.62. The predicted octanol–water partition coefficient (Wildman–Crippen LogP) is 2.09. The zero-order valence-corrected chi connectivity index (χ0v) is 14.9. The molecule has 0 saturated carbocycles. The van der Waals surface area contributed by atoms with Crippen LogP contribution in [0.4, 0.5) is 14.9 Å². The predicted molar refractivity (Wildman–Crippen MR) is 92.6 cm³/mol. The Kier molecular flexibility index (Phi) is 4.79. The van der Waals surface area contributed by atoms with Crippen molar-refractivity contribution in [1.29, 1.82) is 0 Å². The molecule has 140 valence electrons. The number of nitrogens with zero attached hydrogens (tertiary/aromatic N) is 2. The number of halogens is 2. The Morgan fingerprint density at radius 3 is 2.77 bits per heavy atom. The number of aliphatic carboxylic acids is 1. The maximum atomic E-state index is 13.6. The second-order valence-electron chi connectivity index (χ2n) is 6.99. The summed E-state index contributed by atoms with van der Waals surface area (Å²) in [7, 11) is 0. The quantitative estimate of drug-likeness (QED) is 0.836. The SMILES string of the molecule is CC1(C(=O)O)CCN(C(=O)NC2CC(=O)N(c3ccc(Cl)c(F)c3)C2)C1. The largest absolute Gasteiger partial charge is 0.481 e. The summed E-state index contributed by atoms with van der Waals surface area (Å²) in [6.07, 6.45) is 0.482. The van der Waals surface area contributed by atoms with Crippen LogP contribution in [0.2, 0.25) is 5.02 Å². The van der Waals surface area contributed by atoms with Crippen LogP contribution in [0.5, 0.6) is 0 Å². The van der Waals surface area contributed by atoms with Gasteiger partial charge in [0, 0.05) is 31.7 Å². The van der Waals surface area contributed by atoms with Crippen LogP contribution in [-0.4, -0.2) is 53.6 Å². The monoisotopic (exact) mass is 383 g/mol. The fourth-order valence-corrected chi connectivity index (χ4v) is 3.40. The van der Waals surface area contributed by atoms with Gasteiger partial charge in [-0.2, -0.15) is 0 Å². The molecule has 2 N–H and O–H groups in total. The van der Waals surface area contributed by atoms with Gasteiger partial charge in [-0.15, -0.1) is 0 Å². The van der Waals surface area contributed by atoms with Crippen molar-refractivity contribution >= 4 is 35.2 Å². The molecule has 1 aromatic carbocycles. The molecule has 3 rings (SSSR count). The Morgan fingerprint density at radius 1 is 1.42 bits per heavy atom. The van der Waals surface area contributed by atoms with Crippen molar-refractivity contribution < 1.29 is 23.9 Å². The van der Waals surface area contributed by atoms with E-state index in [1.807, 2.05) is 0 Å². The van der Waals surface area contributed by atoms with Crippen LogP contribution in [-0.2, 0) is 9.59 Å². The summed E-state index contributed by atoms with van der Waals surface area (Å²) in [5.41, 5.74) is -0.566. The van der Waals surface area contributed by atoms with E-state index in [4.69, 9.17) is 11.6 Å². The van der Waals surface area contributed by atoms with E-state index in [9.17, 15) is 23.9 Å². The van der Waals surface area contributed by atoms with Crippen molar-refractivity contribution in [2.75, 3.05) is 24.5 Å². The Morgan fingerprint density at radius 2 is 2.15 bits per heavy atom. The first-order chi connectivity index (χ1) is 12.2. The maximum Gasteiger partial charge on any atom is 0.317 e. The van der Waals surface area contributed by atoms with E-state index in [0.717, 1.165) is 0 Å². The number of carboxylic acid groups (broad SMARTS) is 1. The molecule has 0 bridgehead atoms. The topological polar surface area (TPSA) is 90.0 Å². The lowest BCUT2D eigenvalue weighted by atomic mass is 9.90. The highest BCUT2D eigenvalue weighted by Gasteiger charge is 2.43. The minimum Gasteiger partial charge on any atom is -0.481 e. The number of amides is 3. The van der Waals surface area contributed by atoms with Gasteiger partial charge < -0.3 is 20.2 Å². The van der Waals surface area contributed by atoms with E-state index in [-0.39, 0.29) is 30.4 Å². The number of nitrogens with one attached hydrogen (secondary N) is 1. The molecule has 2 heterocycles. The average molecular weight is 384 g/mol. The van der Waals surface area contributed by atoms with Gasteiger partial charge in [0.25, 0.3) is 0 Å². The summed E-state index contributed by atoms with van der Waals surface area (Å²) >= 11 is 5.66. The van der Waals surface area contributed by atoms with Crippen molar-refractivity contribution in [3.05, 3.63) is 29.0 Å². The zero-order valence-electron chi connectivity index (χ0n) is 14.2. The minimum atomic E-state index is -0.949. The Labute approximate surface area is 154 Å². The number of hydrogen-bond acceptors (Lipinski definition) is 3. The first-order valence-electron chi connectivity index (χ1n) is 8.24. The number of anilines is 1. The number of likely N-dealkylation sites (tertiary alicyclic amines) is 1. The summed E-state index contributed by atoms with van der Waals surface area (Å²) in [6, 6.07) is 3.29. The number of carboxylic acids is 1. The normalized spacial score (nSPS) is 25.7. The molecular formula is C17H19ClFN3O4. The molecule has 7 nitrogen and oxygen atoms in total. The fraction of sp³-hybridized carbons (Fsp3) is 0.471. The highest BCUT2D eigenvalue weighted by atomic mass is 35.5. The second-order valence-corrected chi connectivity index (χ2v) is 7.40.